The van der Waals surface area contributed by atoms with Gasteiger partial charge in [0, 0.05) is 24.0 Å². The van der Waals surface area contributed by atoms with Crippen LogP contribution >= 0.6 is 0 Å². The van der Waals surface area contributed by atoms with E-state index in [0.29, 0.717) is 36.9 Å². The Hall–Kier alpha value is -6.90. The van der Waals surface area contributed by atoms with Gasteiger partial charge in [-0.05, 0) is 64.2 Å². The van der Waals surface area contributed by atoms with Gasteiger partial charge >= 0.3 is 12.2 Å². The van der Waals surface area contributed by atoms with Gasteiger partial charge < -0.3 is 44.6 Å². The largest absolute Gasteiger partial charge is 0.488 e. The van der Waals surface area contributed by atoms with Crippen LogP contribution in [0.3, 0.4) is 0 Å². The quantitative estimate of drug-likeness (QED) is 0.0916. The van der Waals surface area contributed by atoms with Crippen molar-refractivity contribution in [1.29, 1.82) is 0 Å². The van der Waals surface area contributed by atoms with Crippen molar-refractivity contribution in [2.75, 3.05) is 33.9 Å². The topological polar surface area (TPSA) is 184 Å². The average Bonchev–Trinajstić information content (AvgIpc) is 3.90. The molecule has 0 saturated carbocycles. The Kier molecular flexibility index (Phi) is 12.1. The molecule has 0 spiro atoms. The van der Waals surface area contributed by atoms with Gasteiger partial charge in [-0.15, -0.1) is 0 Å². The lowest BCUT2D eigenvalue weighted by atomic mass is 9.92. The second-order valence-electron chi connectivity index (χ2n) is 14.9. The van der Waals surface area contributed by atoms with Crippen molar-refractivity contribution in [3.8, 4) is 28.1 Å². The minimum Gasteiger partial charge on any atom is -0.488 e. The summed E-state index contributed by atoms with van der Waals surface area (Å²) >= 11 is 0. The highest BCUT2D eigenvalue weighted by molar-refractivity contribution is 6.07. The molecule has 4 N–H and O–H groups in total. The first kappa shape index (κ1) is 40.3. The van der Waals surface area contributed by atoms with Crippen molar-refractivity contribution >= 4 is 45.8 Å². The monoisotopic (exact) mass is 800 g/mol. The molecule has 0 bridgehead atoms. The average molecular weight is 801 g/mol. The van der Waals surface area contributed by atoms with Crippen molar-refractivity contribution in [2.24, 2.45) is 5.92 Å². The first-order valence-electron chi connectivity index (χ1n) is 19.6. The summed E-state index contributed by atoms with van der Waals surface area (Å²) in [5, 5.41) is 7.07. The van der Waals surface area contributed by atoms with Gasteiger partial charge in [-0.1, -0.05) is 69.3 Å². The number of ether oxygens (including phenoxy) is 3. The van der Waals surface area contributed by atoms with E-state index < -0.39 is 18.2 Å². The van der Waals surface area contributed by atoms with E-state index >= 15 is 0 Å². The van der Waals surface area contributed by atoms with E-state index in [1.807, 2.05) is 57.2 Å². The Morgan fingerprint density at radius 1 is 0.881 bits per heavy atom. The van der Waals surface area contributed by atoms with Gasteiger partial charge in [-0.2, -0.15) is 0 Å². The van der Waals surface area contributed by atoms with Crippen molar-refractivity contribution in [1.82, 2.24) is 40.4 Å². The first-order chi connectivity index (χ1) is 28.5. The number of aromatic amines is 2. The molecule has 0 radical (unpaired) electrons. The fourth-order valence-electron chi connectivity index (χ4n) is 7.39. The molecule has 4 amide bonds. The number of methoxy groups -OCH3 is 2. The molecule has 59 heavy (non-hydrogen) atoms. The molecule has 1 aliphatic rings. The van der Waals surface area contributed by atoms with Crippen molar-refractivity contribution in [3.05, 3.63) is 102 Å². The van der Waals surface area contributed by atoms with Crippen LogP contribution < -0.4 is 15.4 Å². The maximum Gasteiger partial charge on any atom is 0.407 e. The summed E-state index contributed by atoms with van der Waals surface area (Å²) in [4.78, 5) is 70.4. The summed E-state index contributed by atoms with van der Waals surface area (Å²) in [5.74, 6) is 1.65. The normalized spacial score (nSPS) is 12.3. The molecule has 1 atom stereocenters. The molecule has 306 valence electrons. The number of fused-ring (bicyclic) bond motifs is 6. The lowest BCUT2D eigenvalue weighted by Crippen LogP contribution is -2.44. The van der Waals surface area contributed by atoms with Gasteiger partial charge in [0.1, 0.15) is 36.6 Å². The first-order valence-corrected chi connectivity index (χ1v) is 19.6. The predicted molar refractivity (Wildman–Crippen MR) is 222 cm³/mol. The van der Waals surface area contributed by atoms with Crippen LogP contribution in [0.15, 0.2) is 79.0 Å². The van der Waals surface area contributed by atoms with Crippen LogP contribution in [0, 0.1) is 5.92 Å². The van der Waals surface area contributed by atoms with E-state index in [4.69, 9.17) is 14.5 Å². The van der Waals surface area contributed by atoms with Crippen LogP contribution in [0.2, 0.25) is 0 Å². The third kappa shape index (κ3) is 8.98. The third-order valence-electron chi connectivity index (χ3n) is 10.2. The number of amides is 4. The van der Waals surface area contributed by atoms with Gasteiger partial charge in [0.25, 0.3) is 0 Å². The number of rotatable bonds is 14. The zero-order chi connectivity index (χ0) is 41.6. The molecule has 2 aromatic heterocycles. The van der Waals surface area contributed by atoms with E-state index in [9.17, 15) is 19.2 Å². The van der Waals surface area contributed by atoms with E-state index in [1.54, 1.807) is 28.1 Å². The lowest BCUT2D eigenvalue weighted by molar-refractivity contribution is -0.135. The number of nitrogens with one attached hydrogen (secondary N) is 4. The van der Waals surface area contributed by atoms with Crippen LogP contribution in [0.4, 0.5) is 9.59 Å². The molecule has 0 aliphatic carbocycles. The van der Waals surface area contributed by atoms with Gasteiger partial charge in [-0.25, -0.2) is 19.6 Å². The van der Waals surface area contributed by atoms with Crippen molar-refractivity contribution in [3.63, 3.8) is 0 Å². The Bertz CT molecular complexity index is 2500. The highest BCUT2D eigenvalue weighted by Gasteiger charge is 2.29. The molecule has 7 rings (SSSR count). The summed E-state index contributed by atoms with van der Waals surface area (Å²) in [7, 11) is 2.53. The maximum absolute atomic E-state index is 14.1. The molecule has 15 heteroatoms. The zero-order valence-electron chi connectivity index (χ0n) is 33.8. The number of hydrogen-bond donors (Lipinski definition) is 4. The van der Waals surface area contributed by atoms with Crippen LogP contribution in [-0.2, 0) is 38.8 Å². The van der Waals surface area contributed by atoms with Crippen LogP contribution in [0.5, 0.6) is 5.75 Å². The van der Waals surface area contributed by atoms with Crippen molar-refractivity contribution in [2.45, 2.75) is 52.9 Å². The molecule has 0 fully saturated rings. The molecule has 15 nitrogen and oxygen atoms in total. The number of H-pyrrole nitrogens is 2. The fourth-order valence-corrected chi connectivity index (χ4v) is 7.39. The molecule has 6 aromatic rings. The van der Waals surface area contributed by atoms with Crippen molar-refractivity contribution < 1.29 is 33.4 Å². The lowest BCUT2D eigenvalue weighted by Gasteiger charge is -2.28. The van der Waals surface area contributed by atoms with Gasteiger partial charge in [0.15, 0.2) is 0 Å². The molecule has 1 aliphatic heterocycles. The molecular weight excluding hydrogens is 753 g/mol. The van der Waals surface area contributed by atoms with Gasteiger partial charge in [0.2, 0.25) is 11.8 Å². The van der Waals surface area contributed by atoms with Gasteiger partial charge in [-0.3, -0.25) is 9.59 Å². The number of benzene rings is 4. The summed E-state index contributed by atoms with van der Waals surface area (Å²) in [6, 6.07) is 22.6. The number of aromatic nitrogens is 4. The molecule has 0 saturated heterocycles. The maximum atomic E-state index is 14.1. The minimum atomic E-state index is -0.935. The number of carbonyl (C=O) groups excluding carboxylic acids is 4. The molecular formula is C44H48N8O7. The number of nitrogens with zero attached hydrogens (tertiary/aromatic N) is 4. The Morgan fingerprint density at radius 3 is 2.41 bits per heavy atom. The van der Waals surface area contributed by atoms with E-state index in [0.717, 1.165) is 61.9 Å². The van der Waals surface area contributed by atoms with Crippen LogP contribution in [0.25, 0.3) is 44.2 Å². The Morgan fingerprint density at radius 2 is 1.66 bits per heavy atom. The second-order valence-corrected chi connectivity index (χ2v) is 14.9. The smallest absolute Gasteiger partial charge is 0.407 e. The number of hydrogen-bond acceptors (Lipinski definition) is 9. The highest BCUT2D eigenvalue weighted by Crippen LogP contribution is 2.42. The third-order valence-corrected chi connectivity index (χ3v) is 10.2. The van der Waals surface area contributed by atoms with E-state index in [-0.39, 0.29) is 37.4 Å². The standard InChI is InChI=1S/C44H48N8O7/c1-6-16-51(39(53)21-46-43(55)57-4)23-37-45-20-35(48-37)29-12-14-31-30(17-29)25-59-36-19-32-28(18-33(31)36)13-15-34-41(32)49-38(47-34)24-52(22-26(2)3)42(54)40(50-44(56)58-5)27-10-8-7-9-11-27/h7-15,17-20,26,40H,6,16,21-25H2,1-5H3,(H,45,48)(H,46,55)(H,47,49)(H,50,56)/t40-/m1/s1. The fraction of sp³-hybridized carbons (Fsp3) is 0.318. The van der Waals surface area contributed by atoms with Crippen LogP contribution in [0.1, 0.15) is 56.0 Å². The number of carbonyl (C=O) groups is 4. The SMILES string of the molecule is CCCN(Cc1ncc(-c2ccc3c(c2)COc2cc4c(ccc5[nH]c(CN(CC(C)C)C(=O)[C@H](NC(=O)OC)c6ccccc6)nc54)cc2-3)[nH]1)C(=O)CNC(=O)OC. The molecule has 0 unspecified atom stereocenters. The molecule has 4 aromatic carbocycles. The summed E-state index contributed by atoms with van der Waals surface area (Å²) in [6.45, 7) is 7.70. The number of imidazole rings is 2. The summed E-state index contributed by atoms with van der Waals surface area (Å²) in [6.07, 6.45) is 1.15. The number of alkyl carbamates (subject to hydrolysis) is 2. The summed E-state index contributed by atoms with van der Waals surface area (Å²) in [5.41, 5.74) is 7.05. The Balaban J connectivity index is 1.12. The minimum absolute atomic E-state index is 0.154. The highest BCUT2D eigenvalue weighted by atomic mass is 16.5. The van der Waals surface area contributed by atoms with Gasteiger partial charge in [0.05, 0.1) is 50.2 Å². The van der Waals surface area contributed by atoms with Crippen LogP contribution in [-0.4, -0.2) is 87.6 Å². The molecule has 3 heterocycles. The van der Waals surface area contributed by atoms with E-state index in [1.165, 1.54) is 14.2 Å². The predicted octanol–water partition coefficient (Wildman–Crippen LogP) is 6.84. The summed E-state index contributed by atoms with van der Waals surface area (Å²) < 4.78 is 15.8. The Labute approximate surface area is 341 Å². The van der Waals surface area contributed by atoms with E-state index in [2.05, 4.69) is 54.6 Å². The zero-order valence-corrected chi connectivity index (χ0v) is 33.8. The second kappa shape index (κ2) is 17.7.